The molecular weight excluding hydrogens is 316 g/mol. The molecule has 0 aliphatic carbocycles. The number of piperazine rings is 1. The van der Waals surface area contributed by atoms with Crippen molar-refractivity contribution >= 4 is 17.7 Å². The highest BCUT2D eigenvalue weighted by Gasteiger charge is 2.23. The van der Waals surface area contributed by atoms with Crippen LogP contribution in [0.15, 0.2) is 30.5 Å². The number of nitrogens with zero attached hydrogens (tertiary/aromatic N) is 5. The topological polar surface area (TPSA) is 74.2 Å². The van der Waals surface area contributed by atoms with Crippen molar-refractivity contribution in [1.82, 2.24) is 19.9 Å². The van der Waals surface area contributed by atoms with Gasteiger partial charge in [0.1, 0.15) is 17.5 Å². The Morgan fingerprint density at radius 2 is 1.92 bits per heavy atom. The Morgan fingerprint density at radius 3 is 2.56 bits per heavy atom. The third-order valence-electron chi connectivity index (χ3n) is 4.17. The van der Waals surface area contributed by atoms with Gasteiger partial charge in [0, 0.05) is 50.1 Å². The van der Waals surface area contributed by atoms with Crippen LogP contribution in [0.5, 0.6) is 0 Å². The Balaban J connectivity index is 1.61. The molecule has 1 N–H and O–H groups in total. The van der Waals surface area contributed by atoms with Crippen molar-refractivity contribution in [3.8, 4) is 0 Å². The van der Waals surface area contributed by atoms with Crippen LogP contribution in [0, 0.1) is 6.92 Å². The predicted molar refractivity (Wildman–Crippen MR) is 97.9 cm³/mol. The molecule has 25 heavy (non-hydrogen) atoms. The first-order valence-corrected chi connectivity index (χ1v) is 8.60. The lowest BCUT2D eigenvalue weighted by Crippen LogP contribution is -2.50. The van der Waals surface area contributed by atoms with Crippen LogP contribution in [0.1, 0.15) is 31.3 Å². The lowest BCUT2D eigenvalue weighted by molar-refractivity contribution is 0.208. The Morgan fingerprint density at radius 1 is 1.16 bits per heavy atom. The maximum atomic E-state index is 12.3. The summed E-state index contributed by atoms with van der Waals surface area (Å²) in [5, 5.41) is 2.83. The smallest absolute Gasteiger partial charge is 0.323 e. The number of urea groups is 1. The normalized spacial score (nSPS) is 14.7. The Labute approximate surface area is 148 Å². The first-order chi connectivity index (χ1) is 12.0. The van der Waals surface area contributed by atoms with Gasteiger partial charge in [-0.2, -0.15) is 0 Å². The maximum Gasteiger partial charge on any atom is 0.323 e. The van der Waals surface area contributed by atoms with Gasteiger partial charge >= 0.3 is 6.03 Å². The number of amides is 2. The third kappa shape index (κ3) is 4.23. The van der Waals surface area contributed by atoms with E-state index in [0.717, 1.165) is 30.4 Å². The largest absolute Gasteiger partial charge is 0.353 e. The molecule has 2 aromatic heterocycles. The highest BCUT2D eigenvalue weighted by molar-refractivity contribution is 5.88. The summed E-state index contributed by atoms with van der Waals surface area (Å²) in [5.41, 5.74) is 0.976. The molecule has 3 heterocycles. The molecule has 3 rings (SSSR count). The van der Waals surface area contributed by atoms with Crippen molar-refractivity contribution in [2.24, 2.45) is 0 Å². The summed E-state index contributed by atoms with van der Waals surface area (Å²) in [7, 11) is 0. The van der Waals surface area contributed by atoms with E-state index in [1.807, 2.05) is 30.0 Å². The molecule has 1 aliphatic heterocycles. The summed E-state index contributed by atoms with van der Waals surface area (Å²) in [4.78, 5) is 29.7. The van der Waals surface area contributed by atoms with Gasteiger partial charge < -0.3 is 9.80 Å². The zero-order valence-electron chi connectivity index (χ0n) is 14.9. The summed E-state index contributed by atoms with van der Waals surface area (Å²) in [6.45, 7) is 9.00. The highest BCUT2D eigenvalue weighted by atomic mass is 16.2. The average molecular weight is 340 g/mol. The average Bonchev–Trinajstić information content (AvgIpc) is 2.62. The number of carbonyl (C=O) groups is 1. The second-order valence-corrected chi connectivity index (χ2v) is 6.50. The molecule has 1 fully saturated rings. The van der Waals surface area contributed by atoms with Crippen molar-refractivity contribution in [1.29, 1.82) is 0 Å². The number of nitrogens with one attached hydrogen (secondary N) is 1. The fourth-order valence-electron chi connectivity index (χ4n) is 2.76. The number of rotatable bonds is 3. The Bertz CT molecular complexity index is 726. The van der Waals surface area contributed by atoms with E-state index < -0.39 is 0 Å². The van der Waals surface area contributed by atoms with Gasteiger partial charge in [-0.25, -0.2) is 19.7 Å². The van der Waals surface area contributed by atoms with E-state index in [1.54, 1.807) is 12.3 Å². The number of carbonyl (C=O) groups excluding carboxylic acids is 1. The first-order valence-electron chi connectivity index (χ1n) is 8.60. The van der Waals surface area contributed by atoms with Gasteiger partial charge in [0.05, 0.1) is 0 Å². The molecule has 0 saturated carbocycles. The molecule has 7 heteroatoms. The lowest BCUT2D eigenvalue weighted by Gasteiger charge is -2.35. The predicted octanol–water partition coefficient (Wildman–Crippen LogP) is 2.66. The lowest BCUT2D eigenvalue weighted by atomic mass is 10.2. The van der Waals surface area contributed by atoms with Crippen LogP contribution >= 0.6 is 0 Å². The van der Waals surface area contributed by atoms with Crippen molar-refractivity contribution in [2.45, 2.75) is 26.7 Å². The van der Waals surface area contributed by atoms with Gasteiger partial charge in [0.25, 0.3) is 0 Å². The van der Waals surface area contributed by atoms with Gasteiger partial charge in [0.15, 0.2) is 0 Å². The molecule has 1 aliphatic rings. The molecule has 132 valence electrons. The van der Waals surface area contributed by atoms with Crippen molar-refractivity contribution in [3.05, 3.63) is 42.0 Å². The van der Waals surface area contributed by atoms with Crippen LogP contribution in [-0.2, 0) is 0 Å². The fourth-order valence-corrected chi connectivity index (χ4v) is 2.76. The molecular formula is C18H24N6O. The van der Waals surface area contributed by atoms with Gasteiger partial charge in [0.2, 0.25) is 0 Å². The van der Waals surface area contributed by atoms with Crippen LogP contribution in [0.4, 0.5) is 16.4 Å². The van der Waals surface area contributed by atoms with E-state index in [4.69, 9.17) is 0 Å². The molecule has 2 aromatic rings. The summed E-state index contributed by atoms with van der Waals surface area (Å²) in [6, 6.07) is 7.36. The minimum absolute atomic E-state index is 0.111. The Hall–Kier alpha value is -2.70. The van der Waals surface area contributed by atoms with Crippen molar-refractivity contribution in [3.63, 3.8) is 0 Å². The quantitative estimate of drug-likeness (QED) is 0.930. The number of hydrogen-bond acceptors (Lipinski definition) is 5. The fraction of sp³-hybridized carbons (Fsp3) is 0.444. The van der Waals surface area contributed by atoms with Gasteiger partial charge in [-0.05, 0) is 19.1 Å². The number of pyridine rings is 1. The van der Waals surface area contributed by atoms with Crippen molar-refractivity contribution < 1.29 is 4.79 Å². The molecule has 0 bridgehead atoms. The van der Waals surface area contributed by atoms with Gasteiger partial charge in [-0.15, -0.1) is 0 Å². The number of aromatic nitrogens is 3. The highest BCUT2D eigenvalue weighted by Crippen LogP contribution is 2.19. The molecule has 0 unspecified atom stereocenters. The summed E-state index contributed by atoms with van der Waals surface area (Å²) >= 11 is 0. The van der Waals surface area contributed by atoms with E-state index in [1.165, 1.54) is 0 Å². The maximum absolute atomic E-state index is 12.3. The SMILES string of the molecule is Cc1cc(N2CCN(C(=O)Nc3ccccn3)CC2)nc(C(C)C)n1. The third-order valence-corrected chi connectivity index (χ3v) is 4.17. The van der Waals surface area contributed by atoms with Crippen LogP contribution in [0.2, 0.25) is 0 Å². The summed E-state index contributed by atoms with van der Waals surface area (Å²) in [5.74, 6) is 2.68. The zero-order chi connectivity index (χ0) is 17.8. The minimum atomic E-state index is -0.111. The van der Waals surface area contributed by atoms with Gasteiger partial charge in [-0.3, -0.25) is 5.32 Å². The van der Waals surface area contributed by atoms with E-state index in [9.17, 15) is 4.79 Å². The molecule has 0 atom stereocenters. The molecule has 0 spiro atoms. The van der Waals surface area contributed by atoms with Crippen LogP contribution < -0.4 is 10.2 Å². The molecule has 2 amide bonds. The number of anilines is 2. The molecule has 0 aromatic carbocycles. The Kier molecular flexibility index (Phi) is 5.11. The number of hydrogen-bond donors (Lipinski definition) is 1. The van der Waals surface area contributed by atoms with Crippen LogP contribution in [-0.4, -0.2) is 52.1 Å². The van der Waals surface area contributed by atoms with Crippen molar-refractivity contribution in [2.75, 3.05) is 36.4 Å². The van der Waals surface area contributed by atoms with E-state index in [-0.39, 0.29) is 6.03 Å². The minimum Gasteiger partial charge on any atom is -0.353 e. The first kappa shape index (κ1) is 17.1. The summed E-state index contributed by atoms with van der Waals surface area (Å²) in [6.07, 6.45) is 1.66. The monoisotopic (exact) mass is 340 g/mol. The van der Waals surface area contributed by atoms with Crippen LogP contribution in [0.3, 0.4) is 0 Å². The van der Waals surface area contributed by atoms with E-state index in [2.05, 4.69) is 39.0 Å². The van der Waals surface area contributed by atoms with E-state index >= 15 is 0 Å². The zero-order valence-corrected chi connectivity index (χ0v) is 14.9. The summed E-state index contributed by atoms with van der Waals surface area (Å²) < 4.78 is 0. The molecule has 1 saturated heterocycles. The van der Waals surface area contributed by atoms with Gasteiger partial charge in [-0.1, -0.05) is 19.9 Å². The number of aryl methyl sites for hydroxylation is 1. The second kappa shape index (κ2) is 7.46. The van der Waals surface area contributed by atoms with E-state index in [0.29, 0.717) is 24.8 Å². The van der Waals surface area contributed by atoms with Crippen LogP contribution in [0.25, 0.3) is 0 Å². The molecule has 0 radical (unpaired) electrons. The molecule has 7 nitrogen and oxygen atoms in total. The second-order valence-electron chi connectivity index (χ2n) is 6.50. The standard InChI is InChI=1S/C18H24N6O/c1-13(2)17-20-14(3)12-16(22-17)23-8-10-24(11-9-23)18(25)21-15-6-4-5-7-19-15/h4-7,12-13H,8-11H2,1-3H3,(H,19,21,25).